The Labute approximate surface area is 115 Å². The monoisotopic (exact) mass is 264 g/mol. The van der Waals surface area contributed by atoms with Crippen molar-refractivity contribution in [1.29, 1.82) is 0 Å². The van der Waals surface area contributed by atoms with Crippen LogP contribution in [0.4, 0.5) is 0 Å². The molecule has 0 aliphatic carbocycles. The summed E-state index contributed by atoms with van der Waals surface area (Å²) in [5, 5.41) is 0.676. The maximum absolute atomic E-state index is 12.4. The van der Waals surface area contributed by atoms with Gasteiger partial charge in [-0.2, -0.15) is 0 Å². The summed E-state index contributed by atoms with van der Waals surface area (Å²) < 4.78 is 7.08. The largest absolute Gasteiger partial charge is 0.465 e. The van der Waals surface area contributed by atoms with E-state index in [2.05, 4.69) is 4.98 Å². The maximum atomic E-state index is 12.4. The van der Waals surface area contributed by atoms with Crippen LogP contribution in [-0.4, -0.2) is 9.55 Å². The molecule has 3 aromatic rings. The highest BCUT2D eigenvalue weighted by Gasteiger charge is 2.20. The van der Waals surface area contributed by atoms with Gasteiger partial charge in [-0.15, -0.1) is 0 Å². The van der Waals surface area contributed by atoms with Crippen LogP contribution in [0.25, 0.3) is 22.6 Å². The molecule has 0 spiro atoms. The van der Waals surface area contributed by atoms with Crippen LogP contribution in [0.1, 0.15) is 18.0 Å². The molecule has 4 nitrogen and oxygen atoms in total. The number of furan rings is 1. The quantitative estimate of drug-likeness (QED) is 0.679. The Morgan fingerprint density at radius 3 is 2.95 bits per heavy atom. The predicted molar refractivity (Wildman–Crippen MR) is 77.2 cm³/mol. The molecule has 1 aliphatic rings. The Balaban J connectivity index is 1.96. The van der Waals surface area contributed by atoms with Crippen LogP contribution >= 0.6 is 0 Å². The lowest BCUT2D eigenvalue weighted by Gasteiger charge is -2.04. The molecule has 1 aliphatic heterocycles. The van der Waals surface area contributed by atoms with Gasteiger partial charge >= 0.3 is 0 Å². The molecular weight excluding hydrogens is 252 g/mol. The van der Waals surface area contributed by atoms with Crippen LogP contribution in [0.3, 0.4) is 0 Å². The Morgan fingerprint density at radius 1 is 1.20 bits per heavy atom. The molecule has 0 unspecified atom stereocenters. The average molecular weight is 264 g/mol. The Morgan fingerprint density at radius 2 is 2.10 bits per heavy atom. The Hall–Kier alpha value is -2.62. The second-order valence-corrected chi connectivity index (χ2v) is 4.84. The molecule has 20 heavy (non-hydrogen) atoms. The Kier molecular flexibility index (Phi) is 2.36. The summed E-state index contributed by atoms with van der Waals surface area (Å²) in [7, 11) is 0. The van der Waals surface area contributed by atoms with Crippen molar-refractivity contribution in [3.63, 3.8) is 0 Å². The summed E-state index contributed by atoms with van der Waals surface area (Å²) in [4.78, 5) is 17.1. The highest BCUT2D eigenvalue weighted by atomic mass is 16.3. The van der Waals surface area contributed by atoms with Gasteiger partial charge in [-0.3, -0.25) is 9.36 Å². The van der Waals surface area contributed by atoms with E-state index in [9.17, 15) is 4.79 Å². The molecule has 0 amide bonds. The van der Waals surface area contributed by atoms with Gasteiger partial charge in [0.05, 0.1) is 17.2 Å². The first-order chi connectivity index (χ1) is 9.83. The van der Waals surface area contributed by atoms with Gasteiger partial charge in [-0.1, -0.05) is 12.1 Å². The van der Waals surface area contributed by atoms with Gasteiger partial charge < -0.3 is 4.42 Å². The van der Waals surface area contributed by atoms with Crippen LogP contribution in [-0.2, 0) is 6.54 Å². The van der Waals surface area contributed by atoms with Crippen LogP contribution in [0, 0.1) is 0 Å². The van der Waals surface area contributed by atoms with E-state index in [1.165, 1.54) is 0 Å². The zero-order valence-corrected chi connectivity index (χ0v) is 10.7. The summed E-state index contributed by atoms with van der Waals surface area (Å²) in [6.45, 7) is 0.679. The second kappa shape index (κ2) is 4.20. The molecule has 2 aromatic heterocycles. The van der Waals surface area contributed by atoms with Gasteiger partial charge in [0.2, 0.25) is 0 Å². The first kappa shape index (κ1) is 11.2. The van der Waals surface area contributed by atoms with E-state index in [0.717, 1.165) is 29.1 Å². The van der Waals surface area contributed by atoms with Gasteiger partial charge in [0.15, 0.2) is 0 Å². The molecule has 0 atom stereocenters. The molecule has 0 fully saturated rings. The second-order valence-electron chi connectivity index (χ2n) is 4.84. The number of fused-ring (bicyclic) bond motifs is 2. The summed E-state index contributed by atoms with van der Waals surface area (Å²) in [5.41, 5.74) is 1.83. The molecule has 4 heteroatoms. The van der Waals surface area contributed by atoms with Gasteiger partial charge in [0.1, 0.15) is 11.6 Å². The smallest absolute Gasteiger partial charge is 0.261 e. The lowest BCUT2D eigenvalue weighted by atomic mass is 10.2. The number of allylic oxidation sites excluding steroid dienone is 1. The number of para-hydroxylation sites is 1. The molecule has 0 saturated carbocycles. The molecule has 4 rings (SSSR count). The molecule has 0 N–H and O–H groups in total. The lowest BCUT2D eigenvalue weighted by molar-refractivity contribution is 0.557. The summed E-state index contributed by atoms with van der Waals surface area (Å²) in [6.07, 6.45) is 4.40. The van der Waals surface area contributed by atoms with E-state index in [4.69, 9.17) is 4.42 Å². The zero-order chi connectivity index (χ0) is 13.5. The number of hydrogen-bond donors (Lipinski definition) is 0. The van der Waals surface area contributed by atoms with Gasteiger partial charge in [-0.25, -0.2) is 4.98 Å². The van der Waals surface area contributed by atoms with Crippen molar-refractivity contribution in [2.24, 2.45) is 0 Å². The van der Waals surface area contributed by atoms with Gasteiger partial charge in [0, 0.05) is 12.1 Å². The van der Waals surface area contributed by atoms with Crippen molar-refractivity contribution in [2.45, 2.75) is 13.0 Å². The van der Waals surface area contributed by atoms with Gasteiger partial charge in [-0.05, 0) is 36.8 Å². The number of nitrogens with zero attached hydrogens (tertiary/aromatic N) is 2. The van der Waals surface area contributed by atoms with Crippen molar-refractivity contribution in [1.82, 2.24) is 9.55 Å². The predicted octanol–water partition coefficient (Wildman–Crippen LogP) is 2.93. The fourth-order valence-electron chi connectivity index (χ4n) is 2.65. The first-order valence-electron chi connectivity index (χ1n) is 6.57. The topological polar surface area (TPSA) is 48.0 Å². The molecular formula is C16H12N2O2. The first-order valence-corrected chi connectivity index (χ1v) is 6.57. The van der Waals surface area contributed by atoms with E-state index >= 15 is 0 Å². The molecule has 3 heterocycles. The molecule has 0 radical (unpaired) electrons. The normalized spacial score (nSPS) is 15.9. The SMILES string of the molecule is O=c1c2ccccc2nc2n1CCC2=Cc1ccco1. The van der Waals surface area contributed by atoms with E-state index in [1.807, 2.05) is 42.5 Å². The Bertz CT molecular complexity index is 873. The lowest BCUT2D eigenvalue weighted by Crippen LogP contribution is -2.20. The number of benzene rings is 1. The third kappa shape index (κ3) is 1.61. The molecule has 0 saturated heterocycles. The van der Waals surface area contributed by atoms with Crippen LogP contribution in [0.5, 0.6) is 0 Å². The minimum absolute atomic E-state index is 0.0356. The van der Waals surface area contributed by atoms with E-state index in [-0.39, 0.29) is 5.56 Å². The zero-order valence-electron chi connectivity index (χ0n) is 10.7. The highest BCUT2D eigenvalue weighted by Crippen LogP contribution is 2.27. The summed E-state index contributed by atoms with van der Waals surface area (Å²) in [6, 6.07) is 11.2. The fourth-order valence-corrected chi connectivity index (χ4v) is 2.65. The standard InChI is InChI=1S/C16H12N2O2/c19-16-13-5-1-2-6-14(13)17-15-11(7-8-18(15)16)10-12-4-3-9-20-12/h1-6,9-10H,7-8H2. The van der Waals surface area contributed by atoms with E-state index < -0.39 is 0 Å². The minimum atomic E-state index is 0.0356. The molecule has 1 aromatic carbocycles. The third-order valence-corrected chi connectivity index (χ3v) is 3.61. The third-order valence-electron chi connectivity index (χ3n) is 3.61. The maximum Gasteiger partial charge on any atom is 0.261 e. The summed E-state index contributed by atoms with van der Waals surface area (Å²) in [5.74, 6) is 1.54. The van der Waals surface area contributed by atoms with Gasteiger partial charge in [0.25, 0.3) is 5.56 Å². The van der Waals surface area contributed by atoms with Crippen molar-refractivity contribution in [3.8, 4) is 0 Å². The van der Waals surface area contributed by atoms with Crippen molar-refractivity contribution < 1.29 is 4.42 Å². The van der Waals surface area contributed by atoms with E-state index in [1.54, 1.807) is 10.8 Å². The molecule has 0 bridgehead atoms. The van der Waals surface area contributed by atoms with Crippen molar-refractivity contribution in [2.75, 3.05) is 0 Å². The van der Waals surface area contributed by atoms with Crippen LogP contribution in [0.2, 0.25) is 0 Å². The van der Waals surface area contributed by atoms with Crippen molar-refractivity contribution in [3.05, 3.63) is 64.6 Å². The van der Waals surface area contributed by atoms with Crippen LogP contribution < -0.4 is 5.56 Å². The summed E-state index contributed by atoms with van der Waals surface area (Å²) >= 11 is 0. The fraction of sp³-hybridized carbons (Fsp3) is 0.125. The highest BCUT2D eigenvalue weighted by molar-refractivity contribution is 5.83. The van der Waals surface area contributed by atoms with Crippen molar-refractivity contribution >= 4 is 22.6 Å². The number of rotatable bonds is 1. The van der Waals surface area contributed by atoms with E-state index in [0.29, 0.717) is 11.9 Å². The average Bonchev–Trinajstić information content (AvgIpc) is 3.11. The molecule has 98 valence electrons. The van der Waals surface area contributed by atoms with Crippen LogP contribution in [0.15, 0.2) is 51.9 Å². The number of hydrogen-bond acceptors (Lipinski definition) is 3. The minimum Gasteiger partial charge on any atom is -0.465 e. The number of aromatic nitrogens is 2.